The number of benzene rings is 1. The van der Waals surface area contributed by atoms with Gasteiger partial charge < -0.3 is 5.11 Å². The highest BCUT2D eigenvalue weighted by Crippen LogP contribution is 2.77. The van der Waals surface area contributed by atoms with E-state index in [2.05, 4.69) is 54.2 Å². The number of carboxylic acids is 1. The summed E-state index contributed by atoms with van der Waals surface area (Å²) in [5.74, 6) is 2.51. The van der Waals surface area contributed by atoms with Crippen LogP contribution >= 0.6 is 0 Å². The van der Waals surface area contributed by atoms with Crippen LogP contribution in [0, 0.1) is 50.7 Å². The second-order valence-electron chi connectivity index (χ2n) is 15.7. The molecule has 1 aromatic rings. The molecule has 1 aromatic carbocycles. The molecule has 7 unspecified atom stereocenters. The Morgan fingerprint density at radius 2 is 1.33 bits per heavy atom. The molecule has 0 radical (unpaired) electrons. The minimum atomic E-state index is -0.845. The average molecular weight is 637 g/mol. The zero-order valence-electron chi connectivity index (χ0n) is 31.9. The average Bonchev–Trinajstić information content (AvgIpc) is 3.42. The Kier molecular flexibility index (Phi) is 15.2. The van der Waals surface area contributed by atoms with Gasteiger partial charge in [0.1, 0.15) is 0 Å². The van der Waals surface area contributed by atoms with Crippen LogP contribution in [0.2, 0.25) is 0 Å². The predicted octanol–water partition coefficient (Wildman–Crippen LogP) is 14.2. The third-order valence-corrected chi connectivity index (χ3v) is 13.8. The lowest BCUT2D eigenvalue weighted by atomic mass is 9.33. The molecule has 0 saturated heterocycles. The van der Waals surface area contributed by atoms with Crippen molar-refractivity contribution in [3.8, 4) is 0 Å². The quantitative estimate of drug-likeness (QED) is 0.328. The molecule has 6 rings (SSSR count). The lowest BCUT2D eigenvalue weighted by Crippen LogP contribution is -2.64. The highest BCUT2D eigenvalue weighted by molar-refractivity contribution is 5.88. The number of allylic oxidation sites excluding steroid dienone is 3. The van der Waals surface area contributed by atoms with Crippen molar-refractivity contribution in [2.45, 2.75) is 162 Å². The SMILES string of the molecule is C.C=CC.CC.CC.CC.CC12CCCC1C1CCC3C4(C)CC=C(c5ccc(C(=O)O)cc5)C(C)(C)C4CCC3(C)[C@]1(C)CC2. The molecule has 2 heteroatoms. The van der Waals surface area contributed by atoms with Gasteiger partial charge in [0.05, 0.1) is 5.56 Å². The number of carboxylic acid groups (broad SMARTS) is 1. The maximum atomic E-state index is 11.4. The summed E-state index contributed by atoms with van der Waals surface area (Å²) in [5, 5.41) is 9.36. The summed E-state index contributed by atoms with van der Waals surface area (Å²) in [6, 6.07) is 7.64. The van der Waals surface area contributed by atoms with Gasteiger partial charge in [0.2, 0.25) is 0 Å². The van der Waals surface area contributed by atoms with Gasteiger partial charge in [-0.1, -0.05) is 121 Å². The van der Waals surface area contributed by atoms with Gasteiger partial charge in [-0.05, 0) is 139 Å². The first-order valence-electron chi connectivity index (χ1n) is 18.9. The Morgan fingerprint density at radius 3 is 1.87 bits per heavy atom. The first kappa shape index (κ1) is 42.2. The fourth-order valence-electron chi connectivity index (χ4n) is 11.8. The van der Waals surface area contributed by atoms with Crippen LogP contribution in [-0.4, -0.2) is 11.1 Å². The molecule has 8 atom stereocenters. The Balaban J connectivity index is 0.000000969. The van der Waals surface area contributed by atoms with Gasteiger partial charge in [0, 0.05) is 0 Å². The molecule has 4 saturated carbocycles. The normalized spacial score (nSPS) is 37.5. The van der Waals surface area contributed by atoms with Crippen LogP contribution < -0.4 is 0 Å². The van der Waals surface area contributed by atoms with Gasteiger partial charge in [-0.25, -0.2) is 4.79 Å². The molecule has 0 amide bonds. The van der Waals surface area contributed by atoms with Crippen molar-refractivity contribution in [3.63, 3.8) is 0 Å². The van der Waals surface area contributed by atoms with E-state index < -0.39 is 5.97 Å². The Morgan fingerprint density at radius 1 is 0.761 bits per heavy atom. The number of rotatable bonds is 2. The van der Waals surface area contributed by atoms with Crippen molar-refractivity contribution in [2.75, 3.05) is 0 Å². The van der Waals surface area contributed by atoms with Crippen molar-refractivity contribution in [1.82, 2.24) is 0 Å². The van der Waals surface area contributed by atoms with Crippen LogP contribution in [0.1, 0.15) is 178 Å². The fourth-order valence-corrected chi connectivity index (χ4v) is 11.8. The summed E-state index contributed by atoms with van der Waals surface area (Å²) in [6.45, 7) is 33.0. The minimum absolute atomic E-state index is 0. The van der Waals surface area contributed by atoms with E-state index >= 15 is 0 Å². The summed E-state index contributed by atoms with van der Waals surface area (Å²) in [7, 11) is 0. The fraction of sp³-hybridized carbons (Fsp3) is 0.750. The van der Waals surface area contributed by atoms with E-state index in [9.17, 15) is 9.90 Å². The smallest absolute Gasteiger partial charge is 0.335 e. The van der Waals surface area contributed by atoms with Gasteiger partial charge in [-0.3, -0.25) is 0 Å². The summed E-state index contributed by atoms with van der Waals surface area (Å²) < 4.78 is 0. The standard InChI is InChI=1S/C34H48O2.C3H6.3C2H6.CH4/c1-30(2)24(22-9-11-23(12-10-22)29(35)36)15-18-32(4)27(30)16-19-34(6)28(32)14-13-26-25-8-7-17-31(25,3)20-21-33(26,34)5;1-3-2;3*1-2;/h9-12,15,25-28H,7-8,13-14,16-21H2,1-6H3,(H,35,36);3H,1H2,2H3;3*1-2H3;1H4/t25?,26?,27?,28?,31?,32?,33-,34?;;;;;/m1...../s1. The molecule has 0 spiro atoms. The zero-order valence-corrected chi connectivity index (χ0v) is 31.9. The van der Waals surface area contributed by atoms with E-state index in [1.54, 1.807) is 18.2 Å². The molecule has 5 aliphatic rings. The van der Waals surface area contributed by atoms with Crippen molar-refractivity contribution >= 4 is 11.5 Å². The maximum absolute atomic E-state index is 11.4. The van der Waals surface area contributed by atoms with Crippen LogP contribution in [0.15, 0.2) is 43.0 Å². The van der Waals surface area contributed by atoms with Crippen molar-refractivity contribution in [3.05, 3.63) is 54.1 Å². The molecule has 264 valence electrons. The molecular weight excluding hydrogens is 560 g/mol. The Bertz CT molecular complexity index is 1140. The van der Waals surface area contributed by atoms with Crippen LogP contribution in [-0.2, 0) is 0 Å². The largest absolute Gasteiger partial charge is 0.478 e. The lowest BCUT2D eigenvalue weighted by molar-refractivity contribution is -0.221. The molecule has 46 heavy (non-hydrogen) atoms. The van der Waals surface area contributed by atoms with Gasteiger partial charge in [0.25, 0.3) is 0 Å². The summed E-state index contributed by atoms with van der Waals surface area (Å²) in [4.78, 5) is 11.4. The molecule has 2 nitrogen and oxygen atoms in total. The van der Waals surface area contributed by atoms with E-state index in [4.69, 9.17) is 0 Å². The first-order valence-corrected chi connectivity index (χ1v) is 18.9. The minimum Gasteiger partial charge on any atom is -0.478 e. The summed E-state index contributed by atoms with van der Waals surface area (Å²) in [5.41, 5.74) is 5.00. The molecule has 1 N–H and O–H groups in total. The topological polar surface area (TPSA) is 37.3 Å². The van der Waals surface area contributed by atoms with Crippen LogP contribution in [0.5, 0.6) is 0 Å². The third-order valence-electron chi connectivity index (χ3n) is 13.8. The van der Waals surface area contributed by atoms with Crippen molar-refractivity contribution in [2.24, 2.45) is 50.7 Å². The van der Waals surface area contributed by atoms with Gasteiger partial charge in [-0.15, -0.1) is 6.58 Å². The monoisotopic (exact) mass is 637 g/mol. The van der Waals surface area contributed by atoms with E-state index in [1.165, 1.54) is 75.3 Å². The molecule has 0 bridgehead atoms. The number of hydrogen-bond donors (Lipinski definition) is 1. The second-order valence-corrected chi connectivity index (χ2v) is 15.7. The predicted molar refractivity (Wildman–Crippen MR) is 204 cm³/mol. The number of fused-ring (bicyclic) bond motifs is 7. The Labute approximate surface area is 287 Å². The van der Waals surface area contributed by atoms with E-state index in [0.717, 1.165) is 17.8 Å². The molecule has 4 fully saturated rings. The highest BCUT2D eigenvalue weighted by atomic mass is 16.4. The Hall–Kier alpha value is -1.83. The molecule has 0 aromatic heterocycles. The summed E-state index contributed by atoms with van der Waals surface area (Å²) in [6.07, 6.45) is 18.4. The zero-order chi connectivity index (χ0) is 34.4. The molecule has 0 heterocycles. The van der Waals surface area contributed by atoms with E-state index in [1.807, 2.05) is 60.6 Å². The highest BCUT2D eigenvalue weighted by Gasteiger charge is 2.68. The van der Waals surface area contributed by atoms with E-state index in [0.29, 0.717) is 33.1 Å². The number of hydrogen-bond acceptors (Lipinski definition) is 1. The van der Waals surface area contributed by atoms with Gasteiger partial charge in [-0.2, -0.15) is 0 Å². The maximum Gasteiger partial charge on any atom is 0.335 e. The van der Waals surface area contributed by atoms with Crippen LogP contribution in [0.4, 0.5) is 0 Å². The molecule has 0 aliphatic heterocycles. The molecular formula is C44H76O2. The first-order chi connectivity index (χ1) is 21.3. The van der Waals surface area contributed by atoms with Crippen molar-refractivity contribution in [1.29, 1.82) is 0 Å². The van der Waals surface area contributed by atoms with Crippen molar-refractivity contribution < 1.29 is 9.90 Å². The number of aromatic carboxylic acids is 1. The summed E-state index contributed by atoms with van der Waals surface area (Å²) >= 11 is 0. The second kappa shape index (κ2) is 16.5. The van der Waals surface area contributed by atoms with Gasteiger partial charge >= 0.3 is 5.97 Å². The van der Waals surface area contributed by atoms with Crippen LogP contribution in [0.25, 0.3) is 5.57 Å². The van der Waals surface area contributed by atoms with E-state index in [-0.39, 0.29) is 12.8 Å². The molecule has 5 aliphatic carbocycles. The van der Waals surface area contributed by atoms with Crippen LogP contribution in [0.3, 0.4) is 0 Å². The number of carbonyl (C=O) groups is 1. The van der Waals surface area contributed by atoms with Gasteiger partial charge in [0.15, 0.2) is 0 Å². The lowest BCUT2D eigenvalue weighted by Gasteiger charge is -2.72. The third kappa shape index (κ3) is 6.85.